The van der Waals surface area contributed by atoms with E-state index in [-0.39, 0.29) is 5.75 Å². The Morgan fingerprint density at radius 1 is 1.25 bits per heavy atom. The number of benzene rings is 1. The molecule has 0 amide bonds. The van der Waals surface area contributed by atoms with Crippen molar-refractivity contribution in [3.05, 3.63) is 29.8 Å². The number of ether oxygens (including phenoxy) is 4. The lowest BCUT2D eigenvalue weighted by Crippen LogP contribution is -2.66. The van der Waals surface area contributed by atoms with Crippen LogP contribution in [0.15, 0.2) is 24.3 Å². The highest BCUT2D eigenvalue weighted by Crippen LogP contribution is 2.32. The van der Waals surface area contributed by atoms with Crippen molar-refractivity contribution in [1.29, 1.82) is 0 Å². The van der Waals surface area contributed by atoms with Gasteiger partial charge in [0, 0.05) is 25.8 Å². The molecule has 6 atom stereocenters. The molecule has 12 heteroatoms. The molecule has 2 rings (SSSR count). The van der Waals surface area contributed by atoms with Crippen LogP contribution in [0.1, 0.15) is 25.8 Å². The largest absolute Gasteiger partial charge is 0.457 e. The van der Waals surface area contributed by atoms with Gasteiger partial charge in [-0.05, 0) is 6.07 Å². The summed E-state index contributed by atoms with van der Waals surface area (Å²) in [7, 11) is 0. The Kier molecular flexibility index (Phi) is 8.66. The minimum atomic E-state index is -2.70. The van der Waals surface area contributed by atoms with Gasteiger partial charge in [0.2, 0.25) is 0 Å². The number of rotatable bonds is 8. The number of hydrogen-bond acceptors (Lipinski definition) is 12. The lowest BCUT2D eigenvalue weighted by atomic mass is 9.89. The summed E-state index contributed by atoms with van der Waals surface area (Å²) in [4.78, 5) is 35.3. The zero-order valence-electron chi connectivity index (χ0n) is 17.5. The van der Waals surface area contributed by atoms with Crippen LogP contribution in [0.4, 0.5) is 0 Å². The molecule has 1 aromatic carbocycles. The molecule has 1 aliphatic rings. The molecule has 1 unspecified atom stereocenters. The number of aliphatic hydroxyl groups is 4. The number of esters is 3. The van der Waals surface area contributed by atoms with E-state index in [9.17, 15) is 34.8 Å². The topological polar surface area (TPSA) is 195 Å². The minimum Gasteiger partial charge on any atom is -0.457 e. The fourth-order valence-electron chi connectivity index (χ4n) is 3.20. The average molecular weight is 457 g/mol. The molecule has 0 bridgehead atoms. The van der Waals surface area contributed by atoms with Gasteiger partial charge in [0.25, 0.3) is 5.79 Å². The standard InChI is InChI=1S/C20H27NO11/c1-10(23)30-15-6-4-3-5-12(15)9-29-19(27)20(28)7-13(25)16(21)18(32-20)17(14(26)8-22)31-11(2)24/h3-6,13-14,16-18,22,25-26,28H,7-9,21H2,1-2H3/t13-,14+,16+,17+,18+,20?/m0/s1. The average Bonchev–Trinajstić information content (AvgIpc) is 2.72. The van der Waals surface area contributed by atoms with E-state index in [2.05, 4.69) is 0 Å². The van der Waals surface area contributed by atoms with E-state index in [0.717, 1.165) is 6.92 Å². The second-order valence-corrected chi connectivity index (χ2v) is 7.32. The smallest absolute Gasteiger partial charge is 0.367 e. The number of hydrogen-bond donors (Lipinski definition) is 5. The maximum Gasteiger partial charge on any atom is 0.367 e. The van der Waals surface area contributed by atoms with Crippen molar-refractivity contribution in [3.8, 4) is 5.75 Å². The predicted molar refractivity (Wildman–Crippen MR) is 105 cm³/mol. The number of para-hydroxylation sites is 1. The van der Waals surface area contributed by atoms with Crippen LogP contribution in [0.25, 0.3) is 0 Å². The van der Waals surface area contributed by atoms with E-state index >= 15 is 0 Å². The predicted octanol–water partition coefficient (Wildman–Crippen LogP) is -1.89. The highest BCUT2D eigenvalue weighted by Gasteiger charge is 2.54. The van der Waals surface area contributed by atoms with Crippen molar-refractivity contribution < 1.29 is 53.8 Å². The van der Waals surface area contributed by atoms with E-state index in [0.29, 0.717) is 5.56 Å². The molecule has 6 N–H and O–H groups in total. The van der Waals surface area contributed by atoms with Crippen molar-refractivity contribution in [1.82, 2.24) is 0 Å². The molecule has 0 aromatic heterocycles. The third-order valence-corrected chi connectivity index (χ3v) is 4.74. The second-order valence-electron chi connectivity index (χ2n) is 7.32. The first-order valence-corrected chi connectivity index (χ1v) is 9.72. The summed E-state index contributed by atoms with van der Waals surface area (Å²) in [5.74, 6) is -5.30. The molecule has 32 heavy (non-hydrogen) atoms. The first-order valence-electron chi connectivity index (χ1n) is 9.72. The Morgan fingerprint density at radius 3 is 2.50 bits per heavy atom. The first-order chi connectivity index (χ1) is 15.0. The maximum absolute atomic E-state index is 12.6. The summed E-state index contributed by atoms with van der Waals surface area (Å²) in [6.45, 7) is 0.971. The summed E-state index contributed by atoms with van der Waals surface area (Å²) in [6, 6.07) is 4.94. The van der Waals surface area contributed by atoms with Crippen LogP contribution in [-0.4, -0.2) is 81.2 Å². The number of carbonyl (C=O) groups excluding carboxylic acids is 3. The van der Waals surface area contributed by atoms with E-state index in [1.807, 2.05) is 0 Å². The van der Waals surface area contributed by atoms with Crippen molar-refractivity contribution in [3.63, 3.8) is 0 Å². The fourth-order valence-corrected chi connectivity index (χ4v) is 3.20. The van der Waals surface area contributed by atoms with Crippen LogP contribution in [0.2, 0.25) is 0 Å². The van der Waals surface area contributed by atoms with Crippen molar-refractivity contribution in [2.24, 2.45) is 5.73 Å². The van der Waals surface area contributed by atoms with Gasteiger partial charge in [0.1, 0.15) is 24.6 Å². The molecule has 0 saturated carbocycles. The molecule has 1 aliphatic heterocycles. The van der Waals surface area contributed by atoms with Gasteiger partial charge in [-0.25, -0.2) is 4.79 Å². The quantitative estimate of drug-likeness (QED) is 0.215. The molecule has 1 fully saturated rings. The van der Waals surface area contributed by atoms with E-state index in [1.165, 1.54) is 19.1 Å². The monoisotopic (exact) mass is 457 g/mol. The molecule has 0 spiro atoms. The Morgan fingerprint density at radius 2 is 1.91 bits per heavy atom. The summed E-state index contributed by atoms with van der Waals surface area (Å²) < 4.78 is 20.4. The van der Waals surface area contributed by atoms with Crippen LogP contribution in [-0.2, 0) is 35.2 Å². The van der Waals surface area contributed by atoms with Crippen LogP contribution in [0.3, 0.4) is 0 Å². The van der Waals surface area contributed by atoms with Crippen LogP contribution in [0, 0.1) is 0 Å². The molecule has 0 aliphatic carbocycles. The van der Waals surface area contributed by atoms with E-state index < -0.39 is 73.8 Å². The zero-order valence-corrected chi connectivity index (χ0v) is 17.5. The van der Waals surface area contributed by atoms with Gasteiger partial charge in [-0.15, -0.1) is 0 Å². The first kappa shape index (κ1) is 25.6. The Hall–Kier alpha value is -2.61. The summed E-state index contributed by atoms with van der Waals surface area (Å²) in [6.07, 6.45) is -7.00. The fraction of sp³-hybridized carbons (Fsp3) is 0.550. The van der Waals surface area contributed by atoms with Crippen molar-refractivity contribution in [2.75, 3.05) is 6.61 Å². The Balaban J connectivity index is 2.20. The Bertz CT molecular complexity index is 832. The molecule has 12 nitrogen and oxygen atoms in total. The van der Waals surface area contributed by atoms with Gasteiger partial charge in [-0.3, -0.25) is 9.59 Å². The van der Waals surface area contributed by atoms with Gasteiger partial charge in [0.15, 0.2) is 6.10 Å². The second kappa shape index (κ2) is 10.8. The number of carbonyl (C=O) groups is 3. The molecule has 1 heterocycles. The zero-order chi connectivity index (χ0) is 24.1. The lowest BCUT2D eigenvalue weighted by molar-refractivity contribution is -0.296. The summed E-state index contributed by atoms with van der Waals surface area (Å²) in [5, 5.41) is 40.3. The highest BCUT2D eigenvalue weighted by atomic mass is 16.7. The maximum atomic E-state index is 12.6. The lowest BCUT2D eigenvalue weighted by Gasteiger charge is -2.44. The number of aliphatic hydroxyl groups excluding tert-OH is 3. The van der Waals surface area contributed by atoms with Crippen molar-refractivity contribution in [2.45, 2.75) is 63.1 Å². The van der Waals surface area contributed by atoms with Crippen molar-refractivity contribution >= 4 is 17.9 Å². The number of nitrogens with two attached hydrogens (primary N) is 1. The molecular weight excluding hydrogens is 430 g/mol. The van der Waals surface area contributed by atoms with Crippen LogP contribution < -0.4 is 10.5 Å². The van der Waals surface area contributed by atoms with Crippen LogP contribution in [0.5, 0.6) is 5.75 Å². The van der Waals surface area contributed by atoms with E-state index in [1.54, 1.807) is 12.1 Å². The Labute approximate surface area is 183 Å². The molecule has 1 aromatic rings. The summed E-state index contributed by atoms with van der Waals surface area (Å²) >= 11 is 0. The van der Waals surface area contributed by atoms with Gasteiger partial charge in [-0.2, -0.15) is 0 Å². The van der Waals surface area contributed by atoms with E-state index in [4.69, 9.17) is 24.7 Å². The third-order valence-electron chi connectivity index (χ3n) is 4.74. The molecular formula is C20H27NO11. The highest BCUT2D eigenvalue weighted by molar-refractivity contribution is 5.78. The molecule has 0 radical (unpaired) electrons. The third kappa shape index (κ3) is 6.22. The van der Waals surface area contributed by atoms with Gasteiger partial charge in [-0.1, -0.05) is 18.2 Å². The van der Waals surface area contributed by atoms with Gasteiger partial charge >= 0.3 is 17.9 Å². The molecule has 178 valence electrons. The van der Waals surface area contributed by atoms with Crippen LogP contribution >= 0.6 is 0 Å². The normalized spacial score (nSPS) is 27.2. The summed E-state index contributed by atoms with van der Waals surface area (Å²) in [5.41, 5.74) is 6.19. The van der Waals surface area contributed by atoms with Gasteiger partial charge < -0.3 is 45.1 Å². The SMILES string of the molecule is CC(=O)Oc1ccccc1COC(=O)C1(O)C[C@H](O)[C@@H](N)[C@H]([C@H](OC(C)=O)[C@H](O)CO)O1. The van der Waals surface area contributed by atoms with Gasteiger partial charge in [0.05, 0.1) is 18.8 Å². The molecule has 1 saturated heterocycles. The minimum absolute atomic E-state index is 0.144.